The fourth-order valence-corrected chi connectivity index (χ4v) is 2.65. The van der Waals surface area contributed by atoms with Crippen molar-refractivity contribution in [3.8, 4) is 6.01 Å². The van der Waals surface area contributed by atoms with E-state index in [0.29, 0.717) is 18.0 Å². The molecule has 1 aliphatic rings. The normalized spacial score (nSPS) is 17.2. The minimum absolute atomic E-state index is 0.129. The Morgan fingerprint density at radius 1 is 1.27 bits per heavy atom. The largest absolute Gasteiger partial charge is 0.458 e. The maximum Gasteiger partial charge on any atom is 0.418 e. The summed E-state index contributed by atoms with van der Waals surface area (Å²) in [5, 5.41) is 2.68. The van der Waals surface area contributed by atoms with Crippen LogP contribution in [0.2, 0.25) is 5.02 Å². The van der Waals surface area contributed by atoms with Crippen molar-refractivity contribution < 1.29 is 22.7 Å². The van der Waals surface area contributed by atoms with Crippen LogP contribution in [0.5, 0.6) is 6.01 Å². The molecule has 1 N–H and O–H groups in total. The van der Waals surface area contributed by atoms with Gasteiger partial charge in [-0.2, -0.15) is 13.2 Å². The van der Waals surface area contributed by atoms with Crippen LogP contribution in [-0.2, 0) is 6.18 Å². The fourth-order valence-electron chi connectivity index (χ4n) is 2.55. The highest BCUT2D eigenvalue weighted by Gasteiger charge is 2.35. The average molecular weight is 387 g/mol. The number of aromatic nitrogens is 2. The number of rotatable bonds is 3. The number of nitrogens with one attached hydrogen (secondary N) is 1. The van der Waals surface area contributed by atoms with E-state index in [-0.39, 0.29) is 24.3 Å². The molecule has 0 radical (unpaired) electrons. The summed E-state index contributed by atoms with van der Waals surface area (Å²) in [5.41, 5.74) is -1.18. The van der Waals surface area contributed by atoms with E-state index in [0.717, 1.165) is 6.07 Å². The summed E-state index contributed by atoms with van der Waals surface area (Å²) in [6.07, 6.45) is -1.61. The number of para-hydroxylation sites is 1. The molecule has 0 saturated carbocycles. The van der Waals surface area contributed by atoms with Crippen LogP contribution in [0.25, 0.3) is 0 Å². The number of benzene rings is 1. The van der Waals surface area contributed by atoms with Gasteiger partial charge in [-0.1, -0.05) is 23.7 Å². The number of hydrogen-bond acceptors (Lipinski definition) is 4. The summed E-state index contributed by atoms with van der Waals surface area (Å²) >= 11 is 5.69. The summed E-state index contributed by atoms with van der Waals surface area (Å²) < 4.78 is 44.6. The van der Waals surface area contributed by atoms with Crippen molar-refractivity contribution in [1.82, 2.24) is 14.9 Å². The highest BCUT2D eigenvalue weighted by atomic mass is 35.5. The molecule has 0 aliphatic carbocycles. The summed E-state index contributed by atoms with van der Waals surface area (Å²) in [7, 11) is 0. The number of halogens is 4. The average Bonchev–Trinajstić information content (AvgIpc) is 3.05. The highest BCUT2D eigenvalue weighted by Crippen LogP contribution is 2.34. The zero-order chi connectivity index (χ0) is 18.7. The van der Waals surface area contributed by atoms with Gasteiger partial charge in [0.15, 0.2) is 0 Å². The number of nitrogens with zero attached hydrogens (tertiary/aromatic N) is 3. The standard InChI is InChI=1S/C16H14ClF3N4O2/c17-10-7-21-14(22-8-10)26-11-5-6-24(9-11)15(25)23-13-4-2-1-3-12(13)16(18,19)20/h1-4,7-8,11H,5-6,9H2,(H,23,25)/t11-/m0/s1. The lowest BCUT2D eigenvalue weighted by Gasteiger charge is -2.19. The summed E-state index contributed by atoms with van der Waals surface area (Å²) in [6.45, 7) is 0.560. The van der Waals surface area contributed by atoms with Crippen molar-refractivity contribution in [1.29, 1.82) is 0 Å². The number of likely N-dealkylation sites (tertiary alicyclic amines) is 1. The van der Waals surface area contributed by atoms with Gasteiger partial charge in [0.1, 0.15) is 6.10 Å². The molecular formula is C16H14ClF3N4O2. The SMILES string of the molecule is O=C(Nc1ccccc1C(F)(F)F)N1CC[C@H](Oc2ncc(Cl)cn2)C1. The molecule has 0 bridgehead atoms. The molecule has 2 aromatic rings. The molecule has 10 heteroatoms. The highest BCUT2D eigenvalue weighted by molar-refractivity contribution is 6.30. The van der Waals surface area contributed by atoms with Crippen LogP contribution in [0.15, 0.2) is 36.7 Å². The molecule has 2 heterocycles. The van der Waals surface area contributed by atoms with Crippen molar-refractivity contribution in [2.75, 3.05) is 18.4 Å². The van der Waals surface area contributed by atoms with Gasteiger partial charge in [0.25, 0.3) is 0 Å². The van der Waals surface area contributed by atoms with E-state index in [1.54, 1.807) is 0 Å². The number of carbonyl (C=O) groups excluding carboxylic acids is 1. The molecule has 138 valence electrons. The molecule has 1 aromatic heterocycles. The maximum absolute atomic E-state index is 13.0. The predicted molar refractivity (Wildman–Crippen MR) is 88.1 cm³/mol. The van der Waals surface area contributed by atoms with Crippen molar-refractivity contribution in [2.45, 2.75) is 18.7 Å². The smallest absolute Gasteiger partial charge is 0.418 e. The molecule has 1 fully saturated rings. The van der Waals surface area contributed by atoms with E-state index in [1.807, 2.05) is 0 Å². The minimum Gasteiger partial charge on any atom is -0.458 e. The third kappa shape index (κ3) is 4.34. The summed E-state index contributed by atoms with van der Waals surface area (Å²) in [6, 6.07) is 4.34. The van der Waals surface area contributed by atoms with E-state index < -0.39 is 17.8 Å². The second-order valence-corrected chi connectivity index (χ2v) is 6.07. The first kappa shape index (κ1) is 18.2. The van der Waals surface area contributed by atoms with Gasteiger partial charge in [0.05, 0.1) is 35.2 Å². The molecular weight excluding hydrogens is 373 g/mol. The Morgan fingerprint density at radius 3 is 2.65 bits per heavy atom. The Bertz CT molecular complexity index is 786. The van der Waals surface area contributed by atoms with Crippen molar-refractivity contribution in [3.05, 3.63) is 47.2 Å². The lowest BCUT2D eigenvalue weighted by atomic mass is 10.1. The minimum atomic E-state index is -4.55. The molecule has 1 atom stereocenters. The fraction of sp³-hybridized carbons (Fsp3) is 0.312. The molecule has 0 unspecified atom stereocenters. The van der Waals surface area contributed by atoms with Gasteiger partial charge in [-0.05, 0) is 12.1 Å². The summed E-state index contributed by atoms with van der Waals surface area (Å²) in [4.78, 5) is 21.5. The Kier molecular flexibility index (Phi) is 5.17. The van der Waals surface area contributed by atoms with Gasteiger partial charge in [-0.25, -0.2) is 14.8 Å². The Morgan fingerprint density at radius 2 is 1.96 bits per heavy atom. The monoisotopic (exact) mass is 386 g/mol. The first-order chi connectivity index (χ1) is 12.3. The number of anilines is 1. The molecule has 1 saturated heterocycles. The molecule has 1 aliphatic heterocycles. The molecule has 6 nitrogen and oxygen atoms in total. The third-order valence-corrected chi connectivity index (χ3v) is 3.97. The molecule has 2 amide bonds. The Balaban J connectivity index is 1.61. The second-order valence-electron chi connectivity index (χ2n) is 5.63. The van der Waals surface area contributed by atoms with E-state index in [9.17, 15) is 18.0 Å². The lowest BCUT2D eigenvalue weighted by Crippen LogP contribution is -2.35. The molecule has 3 rings (SSSR count). The van der Waals surface area contributed by atoms with E-state index in [1.165, 1.54) is 35.5 Å². The number of carbonyl (C=O) groups is 1. The van der Waals surface area contributed by atoms with Gasteiger partial charge in [-0.15, -0.1) is 0 Å². The van der Waals surface area contributed by atoms with Crippen LogP contribution in [0.3, 0.4) is 0 Å². The van der Waals surface area contributed by atoms with Gasteiger partial charge in [0.2, 0.25) is 0 Å². The quantitative estimate of drug-likeness (QED) is 0.870. The van der Waals surface area contributed by atoms with Crippen LogP contribution in [0, 0.1) is 0 Å². The Hall–Kier alpha value is -2.55. The molecule has 0 spiro atoms. The lowest BCUT2D eigenvalue weighted by molar-refractivity contribution is -0.136. The molecule has 26 heavy (non-hydrogen) atoms. The predicted octanol–water partition coefficient (Wildman–Crippen LogP) is 3.83. The van der Waals surface area contributed by atoms with Crippen LogP contribution in [-0.4, -0.2) is 40.1 Å². The first-order valence-electron chi connectivity index (χ1n) is 7.69. The maximum atomic E-state index is 13.0. The number of urea groups is 1. The zero-order valence-corrected chi connectivity index (χ0v) is 14.1. The van der Waals surface area contributed by atoms with E-state index in [2.05, 4.69) is 15.3 Å². The van der Waals surface area contributed by atoms with Crippen molar-refractivity contribution >= 4 is 23.3 Å². The second kappa shape index (κ2) is 7.36. The Labute approximate surface area is 151 Å². The van der Waals surface area contributed by atoms with Gasteiger partial charge < -0.3 is 15.0 Å². The number of ether oxygens (including phenoxy) is 1. The van der Waals surface area contributed by atoms with Gasteiger partial charge >= 0.3 is 18.2 Å². The van der Waals surface area contributed by atoms with E-state index in [4.69, 9.17) is 16.3 Å². The number of alkyl halides is 3. The zero-order valence-electron chi connectivity index (χ0n) is 13.3. The number of hydrogen-bond donors (Lipinski definition) is 1. The molecule has 1 aromatic carbocycles. The number of amides is 2. The van der Waals surface area contributed by atoms with Gasteiger partial charge in [0, 0.05) is 13.0 Å². The van der Waals surface area contributed by atoms with Crippen molar-refractivity contribution in [2.24, 2.45) is 0 Å². The first-order valence-corrected chi connectivity index (χ1v) is 8.07. The van der Waals surface area contributed by atoms with Crippen LogP contribution in [0.1, 0.15) is 12.0 Å². The van der Waals surface area contributed by atoms with Gasteiger partial charge in [-0.3, -0.25) is 0 Å². The van der Waals surface area contributed by atoms with Crippen LogP contribution < -0.4 is 10.1 Å². The van der Waals surface area contributed by atoms with Crippen LogP contribution in [0.4, 0.5) is 23.7 Å². The van der Waals surface area contributed by atoms with Crippen molar-refractivity contribution in [3.63, 3.8) is 0 Å². The topological polar surface area (TPSA) is 67.4 Å². The van der Waals surface area contributed by atoms with E-state index >= 15 is 0 Å². The van der Waals surface area contributed by atoms with Crippen LogP contribution >= 0.6 is 11.6 Å². The summed E-state index contributed by atoms with van der Waals surface area (Å²) in [5.74, 6) is 0. The third-order valence-electron chi connectivity index (χ3n) is 3.78.